The van der Waals surface area contributed by atoms with Crippen molar-refractivity contribution in [1.82, 2.24) is 9.78 Å². The molecule has 0 amide bonds. The number of aryl methyl sites for hydroxylation is 1. The number of nitrogen functional groups attached to an aromatic ring is 1. The Morgan fingerprint density at radius 1 is 1.26 bits per heavy atom. The lowest BCUT2D eigenvalue weighted by Crippen LogP contribution is -2.08. The predicted octanol–water partition coefficient (Wildman–Crippen LogP) is 3.11. The number of aromatic nitrogens is 2. The standard InChI is InChI=1S/C14H20N4O/c1-9(2)18-14(13(15)10(3)17-18)16-11-5-7-12(19-4)8-6-11/h5-9,16H,15H2,1-4H3. The summed E-state index contributed by atoms with van der Waals surface area (Å²) in [6.45, 7) is 6.06. The van der Waals surface area contributed by atoms with Crippen molar-refractivity contribution in [2.45, 2.75) is 26.8 Å². The molecule has 2 rings (SSSR count). The number of hydrogen-bond acceptors (Lipinski definition) is 4. The molecule has 3 N–H and O–H groups in total. The minimum Gasteiger partial charge on any atom is -0.497 e. The number of benzene rings is 1. The molecule has 2 aromatic rings. The Balaban J connectivity index is 2.31. The van der Waals surface area contributed by atoms with Gasteiger partial charge in [0.25, 0.3) is 0 Å². The van der Waals surface area contributed by atoms with E-state index in [4.69, 9.17) is 10.5 Å². The summed E-state index contributed by atoms with van der Waals surface area (Å²) in [7, 11) is 1.65. The van der Waals surface area contributed by atoms with E-state index in [1.54, 1.807) is 7.11 Å². The Morgan fingerprint density at radius 2 is 1.89 bits per heavy atom. The highest BCUT2D eigenvalue weighted by atomic mass is 16.5. The van der Waals surface area contributed by atoms with Crippen LogP contribution in [0.25, 0.3) is 0 Å². The zero-order valence-corrected chi connectivity index (χ0v) is 11.8. The molecule has 5 heteroatoms. The molecular weight excluding hydrogens is 240 g/mol. The van der Waals surface area contributed by atoms with Crippen LogP contribution in [-0.2, 0) is 0 Å². The van der Waals surface area contributed by atoms with Crippen LogP contribution in [0.4, 0.5) is 17.2 Å². The monoisotopic (exact) mass is 260 g/mol. The maximum absolute atomic E-state index is 6.07. The van der Waals surface area contributed by atoms with E-state index in [9.17, 15) is 0 Å². The number of anilines is 3. The molecule has 0 aliphatic carbocycles. The number of ether oxygens (including phenoxy) is 1. The number of hydrogen-bond donors (Lipinski definition) is 2. The summed E-state index contributed by atoms with van der Waals surface area (Å²) in [4.78, 5) is 0. The van der Waals surface area contributed by atoms with Gasteiger partial charge in [-0.05, 0) is 45.0 Å². The van der Waals surface area contributed by atoms with Gasteiger partial charge in [-0.25, -0.2) is 4.68 Å². The van der Waals surface area contributed by atoms with Crippen molar-refractivity contribution in [3.8, 4) is 5.75 Å². The van der Waals surface area contributed by atoms with Crippen LogP contribution in [0.5, 0.6) is 5.75 Å². The number of methoxy groups -OCH3 is 1. The highest BCUT2D eigenvalue weighted by Crippen LogP contribution is 2.29. The fraction of sp³-hybridized carbons (Fsp3) is 0.357. The zero-order chi connectivity index (χ0) is 14.0. The van der Waals surface area contributed by atoms with Gasteiger partial charge in [-0.1, -0.05) is 0 Å². The SMILES string of the molecule is COc1ccc(Nc2c(N)c(C)nn2C(C)C)cc1. The first kappa shape index (κ1) is 13.3. The molecular formula is C14H20N4O. The van der Waals surface area contributed by atoms with E-state index < -0.39 is 0 Å². The molecule has 0 radical (unpaired) electrons. The van der Waals surface area contributed by atoms with Crippen LogP contribution < -0.4 is 15.8 Å². The summed E-state index contributed by atoms with van der Waals surface area (Å²) in [6.07, 6.45) is 0. The van der Waals surface area contributed by atoms with Gasteiger partial charge >= 0.3 is 0 Å². The Labute approximate surface area is 113 Å². The summed E-state index contributed by atoms with van der Waals surface area (Å²) in [5.74, 6) is 1.66. The molecule has 0 saturated carbocycles. The molecule has 5 nitrogen and oxygen atoms in total. The van der Waals surface area contributed by atoms with Gasteiger partial charge in [-0.15, -0.1) is 0 Å². The third-order valence-corrected chi connectivity index (χ3v) is 2.97. The van der Waals surface area contributed by atoms with Crippen LogP contribution in [0.15, 0.2) is 24.3 Å². The van der Waals surface area contributed by atoms with Crippen molar-refractivity contribution in [3.63, 3.8) is 0 Å². The van der Waals surface area contributed by atoms with Crippen molar-refractivity contribution < 1.29 is 4.74 Å². The molecule has 0 unspecified atom stereocenters. The lowest BCUT2D eigenvalue weighted by molar-refractivity contribution is 0.415. The van der Waals surface area contributed by atoms with E-state index in [1.807, 2.05) is 35.9 Å². The Morgan fingerprint density at radius 3 is 2.42 bits per heavy atom. The largest absolute Gasteiger partial charge is 0.497 e. The van der Waals surface area contributed by atoms with E-state index in [0.717, 1.165) is 22.9 Å². The van der Waals surface area contributed by atoms with E-state index in [2.05, 4.69) is 24.3 Å². The second-order valence-electron chi connectivity index (χ2n) is 4.74. The third kappa shape index (κ3) is 2.65. The zero-order valence-electron chi connectivity index (χ0n) is 11.8. The summed E-state index contributed by atoms with van der Waals surface area (Å²) in [5, 5.41) is 7.76. The van der Waals surface area contributed by atoms with Gasteiger partial charge in [0.05, 0.1) is 18.5 Å². The molecule has 102 valence electrons. The molecule has 0 fully saturated rings. The Kier molecular flexibility index (Phi) is 3.64. The van der Waals surface area contributed by atoms with Crippen LogP contribution in [0.1, 0.15) is 25.6 Å². The topological polar surface area (TPSA) is 65.1 Å². The smallest absolute Gasteiger partial charge is 0.152 e. The van der Waals surface area contributed by atoms with Gasteiger partial charge in [0, 0.05) is 11.7 Å². The van der Waals surface area contributed by atoms with Gasteiger partial charge in [-0.3, -0.25) is 0 Å². The van der Waals surface area contributed by atoms with Gasteiger partial charge in [0.15, 0.2) is 5.82 Å². The van der Waals surface area contributed by atoms with E-state index in [0.29, 0.717) is 5.69 Å². The summed E-state index contributed by atoms with van der Waals surface area (Å²) < 4.78 is 7.04. The third-order valence-electron chi connectivity index (χ3n) is 2.97. The number of rotatable bonds is 4. The second-order valence-corrected chi connectivity index (χ2v) is 4.74. The number of nitrogens with one attached hydrogen (secondary N) is 1. The van der Waals surface area contributed by atoms with Crippen molar-refractivity contribution >= 4 is 17.2 Å². The van der Waals surface area contributed by atoms with Crippen LogP contribution in [0, 0.1) is 6.92 Å². The summed E-state index contributed by atoms with van der Waals surface area (Å²) >= 11 is 0. The van der Waals surface area contributed by atoms with E-state index >= 15 is 0 Å². The van der Waals surface area contributed by atoms with Gasteiger partial charge in [-0.2, -0.15) is 5.10 Å². The highest BCUT2D eigenvalue weighted by Gasteiger charge is 2.14. The van der Waals surface area contributed by atoms with Crippen molar-refractivity contribution in [2.75, 3.05) is 18.2 Å². The Bertz CT molecular complexity index is 558. The van der Waals surface area contributed by atoms with Crippen LogP contribution in [0.3, 0.4) is 0 Å². The van der Waals surface area contributed by atoms with Gasteiger partial charge in [0.2, 0.25) is 0 Å². The molecule has 0 aliphatic rings. The molecule has 0 aliphatic heterocycles. The van der Waals surface area contributed by atoms with Crippen LogP contribution in [0.2, 0.25) is 0 Å². The molecule has 0 spiro atoms. The average Bonchev–Trinajstić information content (AvgIpc) is 2.68. The summed E-state index contributed by atoms with van der Waals surface area (Å²) in [5.41, 5.74) is 8.55. The molecule has 1 aromatic heterocycles. The minimum absolute atomic E-state index is 0.247. The number of nitrogens with two attached hydrogens (primary N) is 1. The fourth-order valence-electron chi connectivity index (χ4n) is 1.87. The average molecular weight is 260 g/mol. The molecule has 1 heterocycles. The van der Waals surface area contributed by atoms with E-state index in [-0.39, 0.29) is 6.04 Å². The molecule has 0 atom stereocenters. The van der Waals surface area contributed by atoms with E-state index in [1.165, 1.54) is 0 Å². The summed E-state index contributed by atoms with van der Waals surface area (Å²) in [6, 6.07) is 7.95. The minimum atomic E-state index is 0.247. The lowest BCUT2D eigenvalue weighted by Gasteiger charge is -2.13. The molecule has 0 bridgehead atoms. The van der Waals surface area contributed by atoms with Crippen molar-refractivity contribution in [1.29, 1.82) is 0 Å². The lowest BCUT2D eigenvalue weighted by atomic mass is 10.3. The quantitative estimate of drug-likeness (QED) is 0.886. The van der Waals surface area contributed by atoms with Crippen molar-refractivity contribution in [2.24, 2.45) is 0 Å². The molecule has 1 aromatic carbocycles. The highest BCUT2D eigenvalue weighted by molar-refractivity contribution is 5.71. The predicted molar refractivity (Wildman–Crippen MR) is 78.0 cm³/mol. The van der Waals surface area contributed by atoms with Crippen LogP contribution in [-0.4, -0.2) is 16.9 Å². The first-order valence-electron chi connectivity index (χ1n) is 6.28. The van der Waals surface area contributed by atoms with Crippen molar-refractivity contribution in [3.05, 3.63) is 30.0 Å². The fourth-order valence-corrected chi connectivity index (χ4v) is 1.87. The van der Waals surface area contributed by atoms with Gasteiger partial charge < -0.3 is 15.8 Å². The number of nitrogens with zero attached hydrogens (tertiary/aromatic N) is 2. The van der Waals surface area contributed by atoms with Crippen LogP contribution >= 0.6 is 0 Å². The molecule has 0 saturated heterocycles. The van der Waals surface area contributed by atoms with Gasteiger partial charge in [0.1, 0.15) is 5.75 Å². The first-order chi connectivity index (χ1) is 9.02. The Hall–Kier alpha value is -2.17. The normalized spacial score (nSPS) is 10.8. The second kappa shape index (κ2) is 5.22. The molecule has 19 heavy (non-hydrogen) atoms. The maximum atomic E-state index is 6.07. The maximum Gasteiger partial charge on any atom is 0.152 e. The first-order valence-corrected chi connectivity index (χ1v) is 6.28.